The zero-order valence-electron chi connectivity index (χ0n) is 19.4. The van der Waals surface area contributed by atoms with Gasteiger partial charge >= 0.3 is 0 Å². The van der Waals surface area contributed by atoms with Crippen molar-refractivity contribution in [2.75, 3.05) is 27.2 Å². The third-order valence-corrected chi connectivity index (χ3v) is 4.79. The van der Waals surface area contributed by atoms with E-state index in [2.05, 4.69) is 111 Å². The lowest BCUT2D eigenvalue weighted by Crippen LogP contribution is -2.19. The van der Waals surface area contributed by atoms with Crippen molar-refractivity contribution in [1.82, 2.24) is 4.90 Å². The lowest BCUT2D eigenvalue weighted by molar-refractivity contribution is -0.134. The van der Waals surface area contributed by atoms with Crippen LogP contribution in [0, 0.1) is 0 Å². The van der Waals surface area contributed by atoms with Crippen LogP contribution < -0.4 is 4.74 Å². The molecule has 0 amide bonds. The van der Waals surface area contributed by atoms with E-state index < -0.39 is 5.97 Å². The van der Waals surface area contributed by atoms with Crippen LogP contribution in [0.25, 0.3) is 11.1 Å². The molecule has 3 aromatic rings. The number of benzene rings is 3. The van der Waals surface area contributed by atoms with Crippen LogP contribution in [-0.4, -0.2) is 43.2 Å². The van der Waals surface area contributed by atoms with Gasteiger partial charge in [0.05, 0.1) is 0 Å². The Balaban J connectivity index is 0.000000837. The second-order valence-corrected chi connectivity index (χ2v) is 7.63. The number of likely N-dealkylation sites (N-methyl/N-ethyl adjacent to an activating group) is 1. The third-order valence-electron chi connectivity index (χ3n) is 4.79. The minimum Gasteiger partial charge on any atom is -0.492 e. The Morgan fingerprint density at radius 1 is 0.812 bits per heavy atom. The molecule has 0 saturated heterocycles. The Hall–Kier alpha value is -3.37. The van der Waals surface area contributed by atoms with E-state index in [0.29, 0.717) is 6.61 Å². The summed E-state index contributed by atoms with van der Waals surface area (Å²) in [6.07, 6.45) is 0.968. The molecule has 0 aliphatic carbocycles. The Kier molecular flexibility index (Phi) is 10.2. The van der Waals surface area contributed by atoms with Crippen LogP contribution in [0.4, 0.5) is 0 Å². The first kappa shape index (κ1) is 24.9. The first-order chi connectivity index (χ1) is 15.4. The second kappa shape index (κ2) is 13.1. The molecule has 0 aromatic heterocycles. The number of aliphatic carboxylic acids is 1. The van der Waals surface area contributed by atoms with Crippen molar-refractivity contribution in [2.45, 2.75) is 20.3 Å². The fraction of sp³-hybridized carbons (Fsp3) is 0.250. The van der Waals surface area contributed by atoms with Crippen molar-refractivity contribution in [3.63, 3.8) is 0 Å². The molecule has 0 fully saturated rings. The van der Waals surface area contributed by atoms with Gasteiger partial charge in [-0.3, -0.25) is 4.79 Å². The molecule has 0 atom stereocenters. The number of carboxylic acids is 1. The predicted molar refractivity (Wildman–Crippen MR) is 133 cm³/mol. The highest BCUT2D eigenvalue weighted by Crippen LogP contribution is 2.34. The highest BCUT2D eigenvalue weighted by atomic mass is 16.5. The smallest absolute Gasteiger partial charge is 0.300 e. The first-order valence-corrected chi connectivity index (χ1v) is 10.8. The summed E-state index contributed by atoms with van der Waals surface area (Å²) in [4.78, 5) is 11.1. The van der Waals surface area contributed by atoms with Gasteiger partial charge < -0.3 is 14.7 Å². The quantitative estimate of drug-likeness (QED) is 0.439. The fourth-order valence-corrected chi connectivity index (χ4v) is 3.35. The van der Waals surface area contributed by atoms with Gasteiger partial charge in [0.1, 0.15) is 12.4 Å². The van der Waals surface area contributed by atoms with Gasteiger partial charge in [0, 0.05) is 13.5 Å². The van der Waals surface area contributed by atoms with E-state index >= 15 is 0 Å². The molecular formula is C28H33NO3. The van der Waals surface area contributed by atoms with E-state index in [4.69, 9.17) is 14.6 Å². The summed E-state index contributed by atoms with van der Waals surface area (Å²) in [5.41, 5.74) is 6.37. The van der Waals surface area contributed by atoms with Crippen LogP contribution in [0.5, 0.6) is 5.75 Å². The van der Waals surface area contributed by atoms with E-state index in [9.17, 15) is 0 Å². The molecule has 0 saturated carbocycles. The Morgan fingerprint density at radius 2 is 1.28 bits per heavy atom. The van der Waals surface area contributed by atoms with Gasteiger partial charge in [-0.1, -0.05) is 79.7 Å². The molecule has 0 radical (unpaired) electrons. The second-order valence-electron chi connectivity index (χ2n) is 7.63. The van der Waals surface area contributed by atoms with Gasteiger partial charge in [0.25, 0.3) is 5.97 Å². The highest BCUT2D eigenvalue weighted by Gasteiger charge is 2.13. The number of hydrogen-bond acceptors (Lipinski definition) is 3. The molecule has 168 valence electrons. The standard InChI is InChI=1S/C26H29NO.C2H4O2/c1-4-25(21-11-7-5-8-12-21)26(22-13-9-6-10-14-22)23-15-17-24(18-16-23)28-20-19-27(2)3;1-2(3)4/h5-18H,4,19-20H2,1-3H3;1H3,(H,3,4)/b26-25-;. The minimum atomic E-state index is -0.833. The van der Waals surface area contributed by atoms with Gasteiger partial charge in [-0.2, -0.15) is 0 Å². The zero-order valence-corrected chi connectivity index (χ0v) is 19.4. The summed E-state index contributed by atoms with van der Waals surface area (Å²) in [5, 5.41) is 7.42. The maximum atomic E-state index is 9.00. The number of carbonyl (C=O) groups is 1. The van der Waals surface area contributed by atoms with Crippen molar-refractivity contribution in [2.24, 2.45) is 0 Å². The topological polar surface area (TPSA) is 49.8 Å². The average Bonchev–Trinajstić information content (AvgIpc) is 2.78. The molecule has 0 heterocycles. The van der Waals surface area contributed by atoms with Crippen molar-refractivity contribution >= 4 is 17.1 Å². The highest BCUT2D eigenvalue weighted by molar-refractivity contribution is 5.98. The van der Waals surface area contributed by atoms with Crippen molar-refractivity contribution in [1.29, 1.82) is 0 Å². The van der Waals surface area contributed by atoms with Crippen LogP contribution in [-0.2, 0) is 4.79 Å². The molecule has 0 unspecified atom stereocenters. The Morgan fingerprint density at radius 3 is 1.75 bits per heavy atom. The molecular weight excluding hydrogens is 398 g/mol. The van der Waals surface area contributed by atoms with E-state index in [1.165, 1.54) is 27.8 Å². The average molecular weight is 432 g/mol. The monoisotopic (exact) mass is 431 g/mol. The maximum absolute atomic E-state index is 9.00. The van der Waals surface area contributed by atoms with Gasteiger partial charge in [-0.15, -0.1) is 0 Å². The lowest BCUT2D eigenvalue weighted by Gasteiger charge is -2.17. The molecule has 3 aromatic carbocycles. The van der Waals surface area contributed by atoms with E-state index in [1.807, 2.05) is 0 Å². The molecule has 0 aliphatic heterocycles. The van der Waals surface area contributed by atoms with Crippen molar-refractivity contribution in [3.8, 4) is 5.75 Å². The van der Waals surface area contributed by atoms with Crippen LogP contribution in [0.2, 0.25) is 0 Å². The third kappa shape index (κ3) is 8.05. The zero-order chi connectivity index (χ0) is 23.3. The SMILES string of the molecule is CC(=O)O.CC/C(=C(\c1ccccc1)c1ccc(OCCN(C)C)cc1)c1ccccc1. The van der Waals surface area contributed by atoms with Crippen LogP contribution in [0.15, 0.2) is 84.9 Å². The van der Waals surface area contributed by atoms with Crippen LogP contribution >= 0.6 is 0 Å². The first-order valence-electron chi connectivity index (χ1n) is 10.8. The molecule has 4 heteroatoms. The summed E-state index contributed by atoms with van der Waals surface area (Å²) >= 11 is 0. The summed E-state index contributed by atoms with van der Waals surface area (Å²) in [6, 6.07) is 29.8. The minimum absolute atomic E-state index is 0.692. The number of allylic oxidation sites excluding steroid dienone is 1. The number of nitrogens with zero attached hydrogens (tertiary/aromatic N) is 1. The van der Waals surface area contributed by atoms with Crippen molar-refractivity contribution < 1.29 is 14.6 Å². The Bertz CT molecular complexity index is 974. The van der Waals surface area contributed by atoms with Crippen molar-refractivity contribution in [3.05, 3.63) is 102 Å². The normalized spacial score (nSPS) is 11.3. The van der Waals surface area contributed by atoms with Crippen LogP contribution in [0.3, 0.4) is 0 Å². The van der Waals surface area contributed by atoms with Gasteiger partial charge in [0.2, 0.25) is 0 Å². The fourth-order valence-electron chi connectivity index (χ4n) is 3.35. The van der Waals surface area contributed by atoms with Gasteiger partial charge in [-0.25, -0.2) is 0 Å². The maximum Gasteiger partial charge on any atom is 0.300 e. The Labute approximate surface area is 191 Å². The number of carboxylic acid groups (broad SMARTS) is 1. The summed E-state index contributed by atoms with van der Waals surface area (Å²) in [7, 11) is 4.11. The molecule has 4 nitrogen and oxygen atoms in total. The summed E-state index contributed by atoms with van der Waals surface area (Å²) < 4.78 is 5.87. The van der Waals surface area contributed by atoms with E-state index in [-0.39, 0.29) is 0 Å². The summed E-state index contributed by atoms with van der Waals surface area (Å²) in [6.45, 7) is 4.91. The molecule has 0 aliphatic rings. The van der Waals surface area contributed by atoms with E-state index in [0.717, 1.165) is 25.6 Å². The largest absolute Gasteiger partial charge is 0.492 e. The number of ether oxygens (including phenoxy) is 1. The number of hydrogen-bond donors (Lipinski definition) is 1. The molecule has 0 spiro atoms. The molecule has 0 bridgehead atoms. The van der Waals surface area contributed by atoms with Gasteiger partial charge in [-0.05, 0) is 60.5 Å². The molecule has 3 rings (SSSR count). The predicted octanol–water partition coefficient (Wildman–Crippen LogP) is 6.09. The molecule has 1 N–H and O–H groups in total. The summed E-state index contributed by atoms with van der Waals surface area (Å²) in [5.74, 6) is 0.0794. The number of rotatable bonds is 8. The van der Waals surface area contributed by atoms with Crippen LogP contribution in [0.1, 0.15) is 37.0 Å². The molecule has 32 heavy (non-hydrogen) atoms. The lowest BCUT2D eigenvalue weighted by atomic mass is 9.88. The van der Waals surface area contributed by atoms with Gasteiger partial charge in [0.15, 0.2) is 0 Å². The van der Waals surface area contributed by atoms with E-state index in [1.54, 1.807) is 0 Å².